The van der Waals surface area contributed by atoms with E-state index in [1.807, 2.05) is 0 Å². The Kier molecular flexibility index (Phi) is 3.29. The zero-order chi connectivity index (χ0) is 9.14. The zero-order valence-electron chi connectivity index (χ0n) is 6.28. The summed E-state index contributed by atoms with van der Waals surface area (Å²) in [5.74, 6) is -0.388. The lowest BCUT2D eigenvalue weighted by Crippen LogP contribution is -1.85. The molecule has 1 rings (SSSR count). The highest BCUT2D eigenvalue weighted by atomic mass is 79.9. The van der Waals surface area contributed by atoms with Gasteiger partial charge in [0.25, 0.3) is 0 Å². The largest absolute Gasteiger partial charge is 0.205 e. The molecule has 0 saturated carbocycles. The fraction of sp³-hybridized carbons (Fsp3) is 0.111. The van der Waals surface area contributed by atoms with Gasteiger partial charge in [0.05, 0.1) is 5.02 Å². The molecule has 0 amide bonds. The van der Waals surface area contributed by atoms with Gasteiger partial charge in [0.15, 0.2) is 0 Å². The lowest BCUT2D eigenvalue weighted by Gasteiger charge is -2.00. The predicted octanol–water partition coefficient (Wildman–Crippen LogP) is 3.93. The molecule has 12 heavy (non-hydrogen) atoms. The van der Waals surface area contributed by atoms with Crippen LogP contribution in [0, 0.1) is 5.82 Å². The summed E-state index contributed by atoms with van der Waals surface area (Å²) < 4.78 is 13.5. The van der Waals surface area contributed by atoms with Crippen LogP contribution in [0.15, 0.2) is 29.3 Å². The van der Waals surface area contributed by atoms with Crippen LogP contribution in [0.2, 0.25) is 5.02 Å². The predicted molar refractivity (Wildman–Crippen MR) is 53.2 cm³/mol. The average Bonchev–Trinajstić information content (AvgIpc) is 1.96. The minimum Gasteiger partial charge on any atom is -0.205 e. The maximum absolute atomic E-state index is 12.7. The van der Waals surface area contributed by atoms with Crippen molar-refractivity contribution >= 4 is 27.5 Å². The normalized spacial score (nSPS) is 9.92. The number of allylic oxidation sites excluding steroid dienone is 1. The second kappa shape index (κ2) is 4.06. The highest BCUT2D eigenvalue weighted by Crippen LogP contribution is 2.19. The van der Waals surface area contributed by atoms with Crippen molar-refractivity contribution < 1.29 is 4.39 Å². The monoisotopic (exact) mass is 248 g/mol. The molecule has 0 spiro atoms. The SMILES string of the molecule is C=C(Br)Cc1ccc(F)c(Cl)c1. The third-order valence-electron chi connectivity index (χ3n) is 1.38. The topological polar surface area (TPSA) is 0 Å². The van der Waals surface area contributed by atoms with Crippen LogP contribution in [0.4, 0.5) is 4.39 Å². The first-order valence-corrected chi connectivity index (χ1v) is 4.54. The minimum absolute atomic E-state index is 0.154. The van der Waals surface area contributed by atoms with Crippen LogP contribution in [0.3, 0.4) is 0 Å². The van der Waals surface area contributed by atoms with Gasteiger partial charge in [0, 0.05) is 6.42 Å². The Hall–Kier alpha value is -0.340. The number of rotatable bonds is 2. The van der Waals surface area contributed by atoms with Crippen molar-refractivity contribution in [3.63, 3.8) is 0 Å². The van der Waals surface area contributed by atoms with Crippen molar-refractivity contribution in [1.82, 2.24) is 0 Å². The van der Waals surface area contributed by atoms with Crippen molar-refractivity contribution in [1.29, 1.82) is 0 Å². The molecule has 64 valence electrons. The summed E-state index contributed by atoms with van der Waals surface area (Å²) in [4.78, 5) is 0. The lowest BCUT2D eigenvalue weighted by atomic mass is 10.1. The Labute approximate surface area is 84.2 Å². The molecule has 3 heteroatoms. The van der Waals surface area contributed by atoms with Gasteiger partial charge in [-0.25, -0.2) is 4.39 Å². The van der Waals surface area contributed by atoms with Crippen LogP contribution in [0.25, 0.3) is 0 Å². The van der Waals surface area contributed by atoms with Gasteiger partial charge in [-0.15, -0.1) is 0 Å². The third kappa shape index (κ3) is 2.61. The summed E-state index contributed by atoms with van der Waals surface area (Å²) in [6.45, 7) is 3.68. The van der Waals surface area contributed by atoms with E-state index >= 15 is 0 Å². The van der Waals surface area contributed by atoms with Crippen molar-refractivity contribution in [2.24, 2.45) is 0 Å². The van der Waals surface area contributed by atoms with Gasteiger partial charge in [-0.05, 0) is 22.2 Å². The summed E-state index contributed by atoms with van der Waals surface area (Å²) >= 11 is 8.80. The first kappa shape index (κ1) is 9.75. The highest BCUT2D eigenvalue weighted by Gasteiger charge is 2.00. The Balaban J connectivity index is 2.89. The molecule has 0 radical (unpaired) electrons. The Morgan fingerprint density at radius 1 is 1.58 bits per heavy atom. The summed E-state index contributed by atoms with van der Waals surface area (Å²) in [6.07, 6.45) is 0.667. The van der Waals surface area contributed by atoms with Gasteiger partial charge >= 0.3 is 0 Å². The van der Waals surface area contributed by atoms with Crippen molar-refractivity contribution in [3.8, 4) is 0 Å². The van der Waals surface area contributed by atoms with Crippen LogP contribution in [0.5, 0.6) is 0 Å². The second-order valence-corrected chi connectivity index (χ2v) is 3.97. The smallest absolute Gasteiger partial charge is 0.141 e. The molecule has 0 fully saturated rings. The molecule has 0 saturated heterocycles. The van der Waals surface area contributed by atoms with E-state index in [0.717, 1.165) is 10.0 Å². The molecule has 0 bridgehead atoms. The van der Waals surface area contributed by atoms with Gasteiger partial charge in [-0.3, -0.25) is 0 Å². The minimum atomic E-state index is -0.388. The molecule has 0 nitrogen and oxygen atoms in total. The van der Waals surface area contributed by atoms with E-state index in [1.165, 1.54) is 6.07 Å². The third-order valence-corrected chi connectivity index (χ3v) is 1.95. The van der Waals surface area contributed by atoms with E-state index < -0.39 is 0 Å². The highest BCUT2D eigenvalue weighted by molar-refractivity contribution is 9.11. The van der Waals surface area contributed by atoms with Crippen molar-refractivity contribution in [2.45, 2.75) is 6.42 Å². The number of benzene rings is 1. The molecule has 0 atom stereocenters. The Morgan fingerprint density at radius 3 is 2.75 bits per heavy atom. The molecule has 1 aromatic carbocycles. The van der Waals surface area contributed by atoms with E-state index in [2.05, 4.69) is 22.5 Å². The maximum atomic E-state index is 12.7. The molecule has 1 aromatic rings. The first-order valence-electron chi connectivity index (χ1n) is 3.37. The summed E-state index contributed by atoms with van der Waals surface area (Å²) in [7, 11) is 0. The number of hydrogen-bond donors (Lipinski definition) is 0. The molecule has 0 aliphatic carbocycles. The van der Waals surface area contributed by atoms with E-state index in [4.69, 9.17) is 11.6 Å². The molecule has 0 aliphatic heterocycles. The quantitative estimate of drug-likeness (QED) is 0.745. The van der Waals surface area contributed by atoms with Gasteiger partial charge in [0.1, 0.15) is 5.82 Å². The van der Waals surface area contributed by atoms with Crippen LogP contribution < -0.4 is 0 Å². The summed E-state index contributed by atoms with van der Waals surface area (Å²) in [5, 5.41) is 0.154. The van der Waals surface area contributed by atoms with Gasteiger partial charge in [0.2, 0.25) is 0 Å². The molecule has 0 N–H and O–H groups in total. The average molecular weight is 250 g/mol. The Morgan fingerprint density at radius 2 is 2.25 bits per heavy atom. The molecular formula is C9H7BrClF. The van der Waals surface area contributed by atoms with Crippen molar-refractivity contribution in [2.75, 3.05) is 0 Å². The van der Waals surface area contributed by atoms with E-state index in [-0.39, 0.29) is 10.8 Å². The van der Waals surface area contributed by atoms with Gasteiger partial charge < -0.3 is 0 Å². The first-order chi connectivity index (χ1) is 5.59. The van der Waals surface area contributed by atoms with E-state index in [9.17, 15) is 4.39 Å². The standard InChI is InChI=1S/C9H7BrClF/c1-6(10)4-7-2-3-9(12)8(11)5-7/h2-3,5H,1,4H2. The van der Waals surface area contributed by atoms with Crippen molar-refractivity contribution in [3.05, 3.63) is 45.7 Å². The number of halogens is 3. The van der Waals surface area contributed by atoms with Crippen LogP contribution in [-0.2, 0) is 6.42 Å². The number of hydrogen-bond acceptors (Lipinski definition) is 0. The molecule has 0 heterocycles. The second-order valence-electron chi connectivity index (χ2n) is 2.44. The van der Waals surface area contributed by atoms with Crippen LogP contribution >= 0.6 is 27.5 Å². The van der Waals surface area contributed by atoms with E-state index in [1.54, 1.807) is 12.1 Å². The van der Waals surface area contributed by atoms with Gasteiger partial charge in [-0.1, -0.05) is 40.2 Å². The molecular weight excluding hydrogens is 242 g/mol. The molecule has 0 aromatic heterocycles. The van der Waals surface area contributed by atoms with Gasteiger partial charge in [-0.2, -0.15) is 0 Å². The molecule has 0 aliphatic rings. The fourth-order valence-corrected chi connectivity index (χ4v) is 1.40. The van der Waals surface area contributed by atoms with Crippen LogP contribution in [0.1, 0.15) is 5.56 Å². The molecule has 0 unspecified atom stereocenters. The maximum Gasteiger partial charge on any atom is 0.141 e. The summed E-state index contributed by atoms with van der Waals surface area (Å²) in [5.41, 5.74) is 0.947. The van der Waals surface area contributed by atoms with Crippen LogP contribution in [-0.4, -0.2) is 0 Å². The summed E-state index contributed by atoms with van der Waals surface area (Å²) in [6, 6.07) is 4.64. The fourth-order valence-electron chi connectivity index (χ4n) is 0.871. The Bertz CT molecular complexity index is 309. The van der Waals surface area contributed by atoms with E-state index in [0.29, 0.717) is 6.42 Å². The zero-order valence-corrected chi connectivity index (χ0v) is 8.62. The lowest BCUT2D eigenvalue weighted by molar-refractivity contribution is 0.627.